The zero-order chi connectivity index (χ0) is 20.3. The van der Waals surface area contributed by atoms with Gasteiger partial charge in [-0.05, 0) is 30.7 Å². The van der Waals surface area contributed by atoms with Crippen molar-refractivity contribution in [2.75, 3.05) is 6.61 Å². The maximum absolute atomic E-state index is 13.1. The fourth-order valence-corrected chi connectivity index (χ4v) is 3.53. The molecule has 146 valence electrons. The third-order valence-corrected chi connectivity index (χ3v) is 4.89. The van der Waals surface area contributed by atoms with Gasteiger partial charge in [0.05, 0.1) is 12.2 Å². The quantitative estimate of drug-likeness (QED) is 0.500. The Hall–Kier alpha value is -3.27. The van der Waals surface area contributed by atoms with Crippen molar-refractivity contribution in [1.29, 1.82) is 0 Å². The number of hydrogen-bond donors (Lipinski definition) is 2. The van der Waals surface area contributed by atoms with Crippen molar-refractivity contribution >= 4 is 39.3 Å². The number of nitrogens with zero attached hydrogens (tertiary/aromatic N) is 2. The third-order valence-electron chi connectivity index (χ3n) is 3.77. The number of aromatic nitrogens is 2. The number of esters is 1. The van der Waals surface area contributed by atoms with E-state index in [1.165, 1.54) is 30.4 Å². The van der Waals surface area contributed by atoms with Gasteiger partial charge in [0, 0.05) is 12.3 Å². The number of ether oxygens (including phenoxy) is 1. The Kier molecular flexibility index (Phi) is 5.69. The number of carbonyl (C=O) groups excluding carboxylic acids is 3. The van der Waals surface area contributed by atoms with E-state index in [1.54, 1.807) is 22.9 Å². The Morgan fingerprint density at radius 2 is 1.93 bits per heavy atom. The van der Waals surface area contributed by atoms with E-state index in [-0.39, 0.29) is 5.82 Å². The Morgan fingerprint density at radius 1 is 1.21 bits per heavy atom. The van der Waals surface area contributed by atoms with Gasteiger partial charge in [-0.2, -0.15) is 5.10 Å². The summed E-state index contributed by atoms with van der Waals surface area (Å²) in [4.78, 5) is 35.6. The van der Waals surface area contributed by atoms with Crippen molar-refractivity contribution in [3.05, 3.63) is 52.3 Å². The number of hydrazine groups is 1. The molecule has 0 bridgehead atoms. The van der Waals surface area contributed by atoms with Crippen LogP contribution in [0.15, 0.2) is 30.3 Å². The molecular formula is C18H17FN4O4S. The van der Waals surface area contributed by atoms with Crippen LogP contribution >= 0.6 is 11.3 Å². The largest absolute Gasteiger partial charge is 0.451 e. The number of thiophene rings is 1. The minimum absolute atomic E-state index is 0.311. The summed E-state index contributed by atoms with van der Waals surface area (Å²) in [5, 5.41) is 5.27. The minimum Gasteiger partial charge on any atom is -0.451 e. The van der Waals surface area contributed by atoms with Crippen molar-refractivity contribution < 1.29 is 23.5 Å². The minimum atomic E-state index is -0.650. The molecular weight excluding hydrogens is 387 g/mol. The summed E-state index contributed by atoms with van der Waals surface area (Å²) in [6.45, 7) is 2.97. The first-order valence-corrected chi connectivity index (χ1v) is 9.09. The number of amides is 2. The van der Waals surface area contributed by atoms with Crippen LogP contribution in [0.25, 0.3) is 10.2 Å². The van der Waals surface area contributed by atoms with E-state index in [1.807, 2.05) is 6.92 Å². The van der Waals surface area contributed by atoms with E-state index in [4.69, 9.17) is 4.74 Å². The van der Waals surface area contributed by atoms with Crippen LogP contribution in [0.2, 0.25) is 0 Å². The maximum Gasteiger partial charge on any atom is 0.348 e. The summed E-state index contributed by atoms with van der Waals surface area (Å²) >= 11 is 1.20. The predicted molar refractivity (Wildman–Crippen MR) is 100 cm³/mol. The van der Waals surface area contributed by atoms with Crippen molar-refractivity contribution in [1.82, 2.24) is 20.6 Å². The van der Waals surface area contributed by atoms with Gasteiger partial charge >= 0.3 is 5.97 Å². The van der Waals surface area contributed by atoms with Crippen LogP contribution < -0.4 is 10.9 Å². The van der Waals surface area contributed by atoms with E-state index in [0.717, 1.165) is 21.5 Å². The van der Waals surface area contributed by atoms with Crippen LogP contribution in [-0.4, -0.2) is 34.2 Å². The highest BCUT2D eigenvalue weighted by molar-refractivity contribution is 7.20. The number of nitrogens with one attached hydrogen (secondary N) is 2. The lowest BCUT2D eigenvalue weighted by molar-refractivity contribution is -0.129. The van der Waals surface area contributed by atoms with Gasteiger partial charge in [-0.3, -0.25) is 25.1 Å². The van der Waals surface area contributed by atoms with E-state index < -0.39 is 24.4 Å². The fraction of sp³-hybridized carbons (Fsp3) is 0.222. The average Bonchev–Trinajstić information content (AvgIpc) is 3.21. The lowest BCUT2D eigenvalue weighted by Crippen LogP contribution is -2.42. The summed E-state index contributed by atoms with van der Waals surface area (Å²) in [6, 6.07) is 7.78. The normalized spacial score (nSPS) is 10.7. The molecule has 0 spiro atoms. The Morgan fingerprint density at radius 3 is 2.61 bits per heavy atom. The topological polar surface area (TPSA) is 102 Å². The van der Waals surface area contributed by atoms with Crippen LogP contribution in [0.1, 0.15) is 27.9 Å². The molecule has 0 fully saturated rings. The van der Waals surface area contributed by atoms with Crippen LogP contribution in [0, 0.1) is 12.7 Å². The molecule has 2 N–H and O–H groups in total. The highest BCUT2D eigenvalue weighted by Gasteiger charge is 2.18. The first-order valence-electron chi connectivity index (χ1n) is 8.27. The first-order chi connectivity index (χ1) is 13.3. The van der Waals surface area contributed by atoms with Gasteiger partial charge in [-0.15, -0.1) is 11.3 Å². The van der Waals surface area contributed by atoms with Gasteiger partial charge in [-0.1, -0.05) is 12.1 Å². The van der Waals surface area contributed by atoms with Gasteiger partial charge in [-0.25, -0.2) is 9.18 Å². The molecule has 0 saturated heterocycles. The molecule has 28 heavy (non-hydrogen) atoms. The molecule has 3 rings (SSSR count). The van der Waals surface area contributed by atoms with Gasteiger partial charge in [0.15, 0.2) is 6.61 Å². The van der Waals surface area contributed by atoms with Crippen LogP contribution in [0.5, 0.6) is 0 Å². The fourth-order valence-electron chi connectivity index (χ4n) is 2.48. The molecule has 0 atom stereocenters. The van der Waals surface area contributed by atoms with Gasteiger partial charge in [0.25, 0.3) is 5.91 Å². The van der Waals surface area contributed by atoms with Crippen LogP contribution in [0.3, 0.4) is 0 Å². The summed E-state index contributed by atoms with van der Waals surface area (Å²) in [5.74, 6) is -2.05. The summed E-state index contributed by atoms with van der Waals surface area (Å²) in [6.07, 6.45) is 0. The number of halogens is 1. The molecule has 0 aliphatic carbocycles. The van der Waals surface area contributed by atoms with Crippen molar-refractivity contribution in [2.45, 2.75) is 20.4 Å². The van der Waals surface area contributed by atoms with Gasteiger partial charge < -0.3 is 4.74 Å². The molecule has 0 aliphatic heterocycles. The zero-order valence-corrected chi connectivity index (χ0v) is 15.9. The van der Waals surface area contributed by atoms with E-state index in [0.29, 0.717) is 11.4 Å². The number of aryl methyl sites for hydroxylation is 1. The number of rotatable bonds is 5. The van der Waals surface area contributed by atoms with Crippen molar-refractivity contribution in [3.63, 3.8) is 0 Å². The Bertz CT molecular complexity index is 1040. The highest BCUT2D eigenvalue weighted by Crippen LogP contribution is 2.29. The number of carbonyl (C=O) groups is 3. The second kappa shape index (κ2) is 8.17. The summed E-state index contributed by atoms with van der Waals surface area (Å²) in [7, 11) is 0. The van der Waals surface area contributed by atoms with Crippen molar-refractivity contribution in [3.8, 4) is 0 Å². The van der Waals surface area contributed by atoms with Gasteiger partial charge in [0.1, 0.15) is 15.5 Å². The molecule has 1 aromatic carbocycles. The van der Waals surface area contributed by atoms with E-state index >= 15 is 0 Å². The summed E-state index contributed by atoms with van der Waals surface area (Å²) < 4.78 is 19.8. The Labute approximate surface area is 163 Å². The second-order valence-corrected chi connectivity index (χ2v) is 7.04. The van der Waals surface area contributed by atoms with E-state index in [9.17, 15) is 18.8 Å². The van der Waals surface area contributed by atoms with Crippen LogP contribution in [0.4, 0.5) is 4.39 Å². The molecule has 2 amide bonds. The molecule has 0 radical (unpaired) electrons. The number of hydrogen-bond acceptors (Lipinski definition) is 6. The number of fused-ring (bicyclic) bond motifs is 1. The summed E-state index contributed by atoms with van der Waals surface area (Å²) in [5.41, 5.74) is 5.83. The molecule has 8 nitrogen and oxygen atoms in total. The maximum atomic E-state index is 13.1. The Balaban J connectivity index is 1.71. The standard InChI is InChI=1S/C18H17FN4O4S/c1-10-14-7-15(18(26)27-9-16(25)21-20-11(2)24)28-17(14)23(22-10)8-12-3-5-13(19)6-4-12/h3-7H,8-9H2,1-2H3,(H,20,24)(H,21,25). The van der Waals surface area contributed by atoms with E-state index in [2.05, 4.69) is 16.0 Å². The average molecular weight is 404 g/mol. The monoisotopic (exact) mass is 404 g/mol. The molecule has 2 heterocycles. The third kappa shape index (κ3) is 4.52. The molecule has 10 heteroatoms. The lowest BCUT2D eigenvalue weighted by atomic mass is 10.2. The predicted octanol–water partition coefficient (Wildman–Crippen LogP) is 1.92. The second-order valence-electron chi connectivity index (χ2n) is 6.00. The first kappa shape index (κ1) is 19.5. The SMILES string of the molecule is CC(=O)NNC(=O)COC(=O)c1cc2c(C)nn(Cc3ccc(F)cc3)c2s1. The molecule has 0 saturated carbocycles. The van der Waals surface area contributed by atoms with Crippen molar-refractivity contribution in [2.24, 2.45) is 0 Å². The molecule has 3 aromatic rings. The smallest absolute Gasteiger partial charge is 0.348 e. The number of benzene rings is 1. The van der Waals surface area contributed by atoms with Gasteiger partial charge in [0.2, 0.25) is 5.91 Å². The molecule has 2 aromatic heterocycles. The highest BCUT2D eigenvalue weighted by atomic mass is 32.1. The molecule has 0 aliphatic rings. The zero-order valence-electron chi connectivity index (χ0n) is 15.1. The molecule has 0 unspecified atom stereocenters. The lowest BCUT2D eigenvalue weighted by Gasteiger charge is -2.05. The van der Waals surface area contributed by atoms with Crippen LogP contribution in [-0.2, 0) is 20.9 Å².